The molecule has 21 heavy (non-hydrogen) atoms. The second-order valence-electron chi connectivity index (χ2n) is 5.67. The number of benzene rings is 1. The molecule has 0 radical (unpaired) electrons. The van der Waals surface area contributed by atoms with Crippen molar-refractivity contribution in [3.63, 3.8) is 0 Å². The molecule has 1 unspecified atom stereocenters. The SMILES string of the molecule is CCOC(=O)c1ccc(N)c(NCC2CCCN(C)C2)c1. The fourth-order valence-corrected chi connectivity index (χ4v) is 2.74. The number of nitrogens with zero attached hydrogens (tertiary/aromatic N) is 1. The Hall–Kier alpha value is -1.75. The Bertz CT molecular complexity index is 490. The first-order chi connectivity index (χ1) is 10.1. The van der Waals surface area contributed by atoms with Crippen LogP contribution < -0.4 is 11.1 Å². The van der Waals surface area contributed by atoms with Crippen LogP contribution in [-0.2, 0) is 4.74 Å². The number of carbonyl (C=O) groups is 1. The summed E-state index contributed by atoms with van der Waals surface area (Å²) in [5.74, 6) is 0.312. The van der Waals surface area contributed by atoms with Crippen LogP contribution in [0.15, 0.2) is 18.2 Å². The number of ether oxygens (including phenoxy) is 1. The second kappa shape index (κ2) is 7.31. The largest absolute Gasteiger partial charge is 0.462 e. The third-order valence-electron chi connectivity index (χ3n) is 3.87. The zero-order chi connectivity index (χ0) is 15.2. The molecule has 3 N–H and O–H groups in total. The van der Waals surface area contributed by atoms with Gasteiger partial charge in [-0.15, -0.1) is 0 Å². The second-order valence-corrected chi connectivity index (χ2v) is 5.67. The van der Waals surface area contributed by atoms with Gasteiger partial charge in [-0.05, 0) is 57.5 Å². The molecule has 1 aliphatic heterocycles. The molecule has 1 atom stereocenters. The van der Waals surface area contributed by atoms with E-state index >= 15 is 0 Å². The Balaban J connectivity index is 1.98. The van der Waals surface area contributed by atoms with Crippen molar-refractivity contribution in [1.29, 1.82) is 0 Å². The van der Waals surface area contributed by atoms with Gasteiger partial charge in [0.25, 0.3) is 0 Å². The number of hydrogen-bond donors (Lipinski definition) is 2. The van der Waals surface area contributed by atoms with Crippen LogP contribution in [0.25, 0.3) is 0 Å². The minimum atomic E-state index is -0.307. The summed E-state index contributed by atoms with van der Waals surface area (Å²) in [6, 6.07) is 5.23. The van der Waals surface area contributed by atoms with Crippen LogP contribution >= 0.6 is 0 Å². The van der Waals surface area contributed by atoms with E-state index < -0.39 is 0 Å². The standard InChI is InChI=1S/C16H25N3O2/c1-3-21-16(20)13-6-7-14(17)15(9-13)18-10-12-5-4-8-19(2)11-12/h6-7,9,12,18H,3-5,8,10-11,17H2,1-2H3. The summed E-state index contributed by atoms with van der Waals surface area (Å²) < 4.78 is 5.02. The van der Waals surface area contributed by atoms with Gasteiger partial charge in [0, 0.05) is 13.1 Å². The van der Waals surface area contributed by atoms with Gasteiger partial charge in [-0.1, -0.05) is 0 Å². The number of rotatable bonds is 5. The van der Waals surface area contributed by atoms with Gasteiger partial charge in [-0.3, -0.25) is 0 Å². The molecule has 0 spiro atoms. The molecule has 0 aliphatic carbocycles. The number of nitrogens with two attached hydrogens (primary N) is 1. The Kier molecular flexibility index (Phi) is 5.44. The summed E-state index contributed by atoms with van der Waals surface area (Å²) in [6.45, 7) is 5.33. The molecule has 1 aromatic rings. The normalized spacial score (nSPS) is 19.2. The molecule has 0 amide bonds. The Morgan fingerprint density at radius 1 is 1.52 bits per heavy atom. The number of hydrogen-bond acceptors (Lipinski definition) is 5. The predicted molar refractivity (Wildman–Crippen MR) is 85.5 cm³/mol. The highest BCUT2D eigenvalue weighted by Gasteiger charge is 2.17. The van der Waals surface area contributed by atoms with Crippen LogP contribution in [0.2, 0.25) is 0 Å². The van der Waals surface area contributed by atoms with Crippen LogP contribution in [0.1, 0.15) is 30.1 Å². The number of esters is 1. The molecule has 1 saturated heterocycles. The minimum absolute atomic E-state index is 0.307. The number of nitrogens with one attached hydrogen (secondary N) is 1. The van der Waals surface area contributed by atoms with Gasteiger partial charge in [-0.25, -0.2) is 4.79 Å². The average Bonchev–Trinajstić information content (AvgIpc) is 2.46. The molecule has 5 nitrogen and oxygen atoms in total. The molecule has 116 valence electrons. The Labute approximate surface area is 126 Å². The third kappa shape index (κ3) is 4.36. The predicted octanol–water partition coefficient (Wildman–Crippen LogP) is 2.20. The van der Waals surface area contributed by atoms with Gasteiger partial charge in [0.15, 0.2) is 0 Å². The molecule has 0 aromatic heterocycles. The van der Waals surface area contributed by atoms with Gasteiger partial charge in [-0.2, -0.15) is 0 Å². The van der Waals surface area contributed by atoms with Gasteiger partial charge in [0.1, 0.15) is 0 Å². The summed E-state index contributed by atoms with van der Waals surface area (Å²) in [5.41, 5.74) is 7.99. The van der Waals surface area contributed by atoms with Crippen molar-refractivity contribution < 1.29 is 9.53 Å². The molecule has 0 bridgehead atoms. The van der Waals surface area contributed by atoms with Gasteiger partial charge in [0.2, 0.25) is 0 Å². The van der Waals surface area contributed by atoms with Crippen LogP contribution in [0.4, 0.5) is 11.4 Å². The van der Waals surface area contributed by atoms with E-state index in [4.69, 9.17) is 10.5 Å². The smallest absolute Gasteiger partial charge is 0.338 e. The first-order valence-electron chi connectivity index (χ1n) is 7.59. The van der Waals surface area contributed by atoms with Crippen LogP contribution in [0.5, 0.6) is 0 Å². The quantitative estimate of drug-likeness (QED) is 0.643. The first kappa shape index (κ1) is 15.6. The van der Waals surface area contributed by atoms with Crippen LogP contribution in [0.3, 0.4) is 0 Å². The third-order valence-corrected chi connectivity index (χ3v) is 3.87. The van der Waals surface area contributed by atoms with Crippen LogP contribution in [0, 0.1) is 5.92 Å². The molecule has 1 fully saturated rings. The number of nitrogen functional groups attached to an aromatic ring is 1. The Morgan fingerprint density at radius 2 is 2.33 bits per heavy atom. The lowest BCUT2D eigenvalue weighted by molar-refractivity contribution is 0.0526. The van der Waals surface area contributed by atoms with E-state index in [2.05, 4.69) is 17.3 Å². The van der Waals surface area contributed by atoms with E-state index in [0.717, 1.165) is 18.8 Å². The van der Waals surface area contributed by atoms with E-state index in [-0.39, 0.29) is 5.97 Å². The summed E-state index contributed by atoms with van der Waals surface area (Å²) >= 11 is 0. The highest BCUT2D eigenvalue weighted by molar-refractivity contribution is 5.92. The number of piperidine rings is 1. The lowest BCUT2D eigenvalue weighted by atomic mass is 9.98. The lowest BCUT2D eigenvalue weighted by Gasteiger charge is -2.30. The van der Waals surface area contributed by atoms with E-state index in [9.17, 15) is 4.79 Å². The van der Waals surface area contributed by atoms with Crippen molar-refractivity contribution in [2.75, 3.05) is 44.3 Å². The van der Waals surface area contributed by atoms with Gasteiger partial charge in [0.05, 0.1) is 23.5 Å². The van der Waals surface area contributed by atoms with Crippen molar-refractivity contribution in [3.8, 4) is 0 Å². The topological polar surface area (TPSA) is 67.6 Å². The van der Waals surface area contributed by atoms with Crippen molar-refractivity contribution in [3.05, 3.63) is 23.8 Å². The monoisotopic (exact) mass is 291 g/mol. The molecule has 5 heteroatoms. The van der Waals surface area contributed by atoms with Crippen molar-refractivity contribution in [1.82, 2.24) is 4.90 Å². The molecule has 1 aromatic carbocycles. The highest BCUT2D eigenvalue weighted by Crippen LogP contribution is 2.22. The van der Waals surface area contributed by atoms with E-state index in [1.165, 1.54) is 19.4 Å². The van der Waals surface area contributed by atoms with Crippen molar-refractivity contribution in [2.45, 2.75) is 19.8 Å². The molecule has 2 rings (SSSR count). The first-order valence-corrected chi connectivity index (χ1v) is 7.59. The zero-order valence-corrected chi connectivity index (χ0v) is 12.9. The minimum Gasteiger partial charge on any atom is -0.462 e. The maximum absolute atomic E-state index is 11.8. The van der Waals surface area contributed by atoms with E-state index in [1.54, 1.807) is 25.1 Å². The molecule has 1 heterocycles. The maximum atomic E-state index is 11.8. The lowest BCUT2D eigenvalue weighted by Crippen LogP contribution is -2.35. The van der Waals surface area contributed by atoms with Gasteiger partial charge < -0.3 is 20.7 Å². The summed E-state index contributed by atoms with van der Waals surface area (Å²) in [4.78, 5) is 14.1. The maximum Gasteiger partial charge on any atom is 0.338 e. The van der Waals surface area contributed by atoms with E-state index in [1.807, 2.05) is 0 Å². The fraction of sp³-hybridized carbons (Fsp3) is 0.562. The van der Waals surface area contributed by atoms with Crippen molar-refractivity contribution >= 4 is 17.3 Å². The molecule has 1 aliphatic rings. The number of carbonyl (C=O) groups excluding carboxylic acids is 1. The number of likely N-dealkylation sites (tertiary alicyclic amines) is 1. The van der Waals surface area contributed by atoms with Crippen molar-refractivity contribution in [2.24, 2.45) is 5.92 Å². The van der Waals surface area contributed by atoms with Gasteiger partial charge >= 0.3 is 5.97 Å². The highest BCUT2D eigenvalue weighted by atomic mass is 16.5. The molecule has 0 saturated carbocycles. The number of anilines is 2. The van der Waals surface area contributed by atoms with Crippen LogP contribution in [-0.4, -0.2) is 44.2 Å². The summed E-state index contributed by atoms with van der Waals surface area (Å²) in [7, 11) is 2.15. The van der Waals surface area contributed by atoms with E-state index in [0.29, 0.717) is 23.8 Å². The average molecular weight is 291 g/mol. The molecular weight excluding hydrogens is 266 g/mol. The molecular formula is C16H25N3O2. The zero-order valence-electron chi connectivity index (χ0n) is 12.9. The summed E-state index contributed by atoms with van der Waals surface area (Å²) in [6.07, 6.45) is 2.47. The Morgan fingerprint density at radius 3 is 3.05 bits per heavy atom. The fourth-order valence-electron chi connectivity index (χ4n) is 2.74. The summed E-state index contributed by atoms with van der Waals surface area (Å²) in [5, 5.41) is 3.38.